The van der Waals surface area contributed by atoms with E-state index in [1.165, 1.54) is 19.1 Å². The van der Waals surface area contributed by atoms with E-state index in [2.05, 4.69) is 5.32 Å². The third-order valence-electron chi connectivity index (χ3n) is 2.27. The Hall–Kier alpha value is -1.36. The molecule has 5 heteroatoms. The van der Waals surface area contributed by atoms with Crippen LogP contribution < -0.4 is 5.32 Å². The van der Waals surface area contributed by atoms with E-state index >= 15 is 0 Å². The van der Waals surface area contributed by atoms with Gasteiger partial charge in [-0.15, -0.1) is 11.8 Å². The topological polar surface area (TPSA) is 46.2 Å². The zero-order valence-corrected chi connectivity index (χ0v) is 11.3. The number of carbonyl (C=O) groups excluding carboxylic acids is 2. The fourth-order valence-corrected chi connectivity index (χ4v) is 2.34. The zero-order chi connectivity index (χ0) is 13.5. The summed E-state index contributed by atoms with van der Waals surface area (Å²) in [7, 11) is 0. The standard InChI is InChI=1S/C13H16FNO2S/c1-3-7-15-12(17)8-18-13-10(9(2)16)5-4-6-11(13)14/h4-6H,3,7-8H2,1-2H3,(H,15,17). The van der Waals surface area contributed by atoms with Crippen LogP contribution in [0.3, 0.4) is 0 Å². The van der Waals surface area contributed by atoms with Crippen molar-refractivity contribution in [2.24, 2.45) is 0 Å². The van der Waals surface area contributed by atoms with Gasteiger partial charge in [-0.3, -0.25) is 9.59 Å². The number of amides is 1. The Kier molecular flexibility index (Phi) is 5.85. The highest BCUT2D eigenvalue weighted by Gasteiger charge is 2.13. The van der Waals surface area contributed by atoms with Crippen molar-refractivity contribution in [1.82, 2.24) is 5.32 Å². The van der Waals surface area contributed by atoms with Gasteiger partial charge in [-0.2, -0.15) is 0 Å². The fraction of sp³-hybridized carbons (Fsp3) is 0.385. The predicted molar refractivity (Wildman–Crippen MR) is 70.4 cm³/mol. The highest BCUT2D eigenvalue weighted by Crippen LogP contribution is 2.26. The number of hydrogen-bond acceptors (Lipinski definition) is 3. The monoisotopic (exact) mass is 269 g/mol. The van der Waals surface area contributed by atoms with Gasteiger partial charge in [0.05, 0.1) is 10.6 Å². The molecule has 0 bridgehead atoms. The van der Waals surface area contributed by atoms with Crippen molar-refractivity contribution >= 4 is 23.5 Å². The SMILES string of the molecule is CCCNC(=O)CSc1c(F)cccc1C(C)=O. The molecule has 0 radical (unpaired) electrons. The highest BCUT2D eigenvalue weighted by atomic mass is 32.2. The van der Waals surface area contributed by atoms with Crippen molar-refractivity contribution in [3.05, 3.63) is 29.6 Å². The zero-order valence-electron chi connectivity index (χ0n) is 10.5. The van der Waals surface area contributed by atoms with Crippen molar-refractivity contribution < 1.29 is 14.0 Å². The highest BCUT2D eigenvalue weighted by molar-refractivity contribution is 8.00. The van der Waals surface area contributed by atoms with Gasteiger partial charge in [0, 0.05) is 12.1 Å². The summed E-state index contributed by atoms with van der Waals surface area (Å²) in [6, 6.07) is 4.35. The van der Waals surface area contributed by atoms with Crippen LogP contribution in [0.2, 0.25) is 0 Å². The van der Waals surface area contributed by atoms with E-state index in [1.807, 2.05) is 6.92 Å². The first-order valence-electron chi connectivity index (χ1n) is 5.75. The Morgan fingerprint density at radius 1 is 1.39 bits per heavy atom. The van der Waals surface area contributed by atoms with Crippen LogP contribution in [0, 0.1) is 5.82 Å². The molecule has 1 aromatic carbocycles. The van der Waals surface area contributed by atoms with Gasteiger partial charge in [0.1, 0.15) is 5.82 Å². The molecule has 1 N–H and O–H groups in total. The molecule has 0 saturated carbocycles. The molecule has 1 amide bonds. The molecule has 0 heterocycles. The third-order valence-corrected chi connectivity index (χ3v) is 3.38. The average molecular weight is 269 g/mol. The van der Waals surface area contributed by atoms with Gasteiger partial charge in [0.25, 0.3) is 0 Å². The molecular formula is C13H16FNO2S. The minimum absolute atomic E-state index is 0.112. The summed E-state index contributed by atoms with van der Waals surface area (Å²) < 4.78 is 13.6. The van der Waals surface area contributed by atoms with E-state index in [0.29, 0.717) is 12.1 Å². The first-order chi connectivity index (χ1) is 8.56. The van der Waals surface area contributed by atoms with Gasteiger partial charge in [-0.1, -0.05) is 19.1 Å². The Morgan fingerprint density at radius 3 is 2.72 bits per heavy atom. The van der Waals surface area contributed by atoms with E-state index in [9.17, 15) is 14.0 Å². The van der Waals surface area contributed by atoms with Gasteiger partial charge in [0.15, 0.2) is 5.78 Å². The van der Waals surface area contributed by atoms with Crippen LogP contribution in [0.25, 0.3) is 0 Å². The summed E-state index contributed by atoms with van der Waals surface area (Å²) in [4.78, 5) is 23.0. The molecule has 0 aliphatic carbocycles. The summed E-state index contributed by atoms with van der Waals surface area (Å²) in [5.41, 5.74) is 0.322. The number of carbonyl (C=O) groups is 2. The van der Waals surface area contributed by atoms with Crippen molar-refractivity contribution in [1.29, 1.82) is 0 Å². The van der Waals surface area contributed by atoms with E-state index < -0.39 is 5.82 Å². The number of Topliss-reactive ketones (excluding diaryl/α,β-unsaturated/α-hetero) is 1. The second kappa shape index (κ2) is 7.16. The lowest BCUT2D eigenvalue weighted by Crippen LogP contribution is -2.25. The lowest BCUT2D eigenvalue weighted by Gasteiger charge is -2.08. The molecule has 0 spiro atoms. The van der Waals surface area contributed by atoms with E-state index in [-0.39, 0.29) is 22.3 Å². The first kappa shape index (κ1) is 14.7. The second-order valence-corrected chi connectivity index (χ2v) is 4.80. The van der Waals surface area contributed by atoms with E-state index in [4.69, 9.17) is 0 Å². The molecule has 0 saturated heterocycles. The number of thioether (sulfide) groups is 1. The van der Waals surface area contributed by atoms with Crippen LogP contribution >= 0.6 is 11.8 Å². The first-order valence-corrected chi connectivity index (χ1v) is 6.73. The molecule has 0 unspecified atom stereocenters. The van der Waals surface area contributed by atoms with Crippen molar-refractivity contribution in [3.63, 3.8) is 0 Å². The smallest absolute Gasteiger partial charge is 0.230 e. The average Bonchev–Trinajstić information content (AvgIpc) is 2.34. The molecule has 18 heavy (non-hydrogen) atoms. The maximum Gasteiger partial charge on any atom is 0.230 e. The van der Waals surface area contributed by atoms with Gasteiger partial charge in [-0.05, 0) is 19.4 Å². The number of nitrogens with one attached hydrogen (secondary N) is 1. The predicted octanol–water partition coefficient (Wildman–Crippen LogP) is 2.65. The molecule has 1 aromatic rings. The van der Waals surface area contributed by atoms with Gasteiger partial charge >= 0.3 is 0 Å². The van der Waals surface area contributed by atoms with Gasteiger partial charge in [-0.25, -0.2) is 4.39 Å². The Balaban J connectivity index is 2.72. The van der Waals surface area contributed by atoms with Crippen LogP contribution in [0.1, 0.15) is 30.6 Å². The molecule has 1 rings (SSSR count). The van der Waals surface area contributed by atoms with Crippen LogP contribution in [0.5, 0.6) is 0 Å². The molecule has 3 nitrogen and oxygen atoms in total. The Labute approximate surface area is 110 Å². The molecule has 0 aromatic heterocycles. The summed E-state index contributed by atoms with van der Waals surface area (Å²) in [6.07, 6.45) is 0.856. The lowest BCUT2D eigenvalue weighted by atomic mass is 10.1. The molecule has 0 atom stereocenters. The van der Waals surface area contributed by atoms with Crippen LogP contribution in [0.4, 0.5) is 4.39 Å². The van der Waals surface area contributed by atoms with Crippen molar-refractivity contribution in [3.8, 4) is 0 Å². The number of rotatable bonds is 6. The molecule has 0 aliphatic heterocycles. The minimum atomic E-state index is -0.462. The minimum Gasteiger partial charge on any atom is -0.355 e. The number of benzene rings is 1. The molecule has 0 aliphatic rings. The summed E-state index contributed by atoms with van der Waals surface area (Å²) >= 11 is 1.05. The van der Waals surface area contributed by atoms with Crippen LogP contribution in [-0.4, -0.2) is 24.0 Å². The second-order valence-electron chi connectivity index (χ2n) is 3.81. The third kappa shape index (κ3) is 4.14. The molecule has 98 valence electrons. The fourth-order valence-electron chi connectivity index (χ4n) is 1.39. The summed E-state index contributed by atoms with van der Waals surface area (Å²) in [5, 5.41) is 2.70. The summed E-state index contributed by atoms with van der Waals surface area (Å²) in [5.74, 6) is -0.706. The maximum atomic E-state index is 13.6. The number of hydrogen-bond donors (Lipinski definition) is 1. The lowest BCUT2D eigenvalue weighted by molar-refractivity contribution is -0.118. The Morgan fingerprint density at radius 2 is 2.11 bits per heavy atom. The normalized spacial score (nSPS) is 10.2. The maximum absolute atomic E-state index is 13.6. The summed E-state index contributed by atoms with van der Waals surface area (Å²) in [6.45, 7) is 3.95. The van der Waals surface area contributed by atoms with Crippen molar-refractivity contribution in [2.75, 3.05) is 12.3 Å². The van der Waals surface area contributed by atoms with Crippen LogP contribution in [-0.2, 0) is 4.79 Å². The number of halogens is 1. The molecule has 0 fully saturated rings. The van der Waals surface area contributed by atoms with Gasteiger partial charge in [0.2, 0.25) is 5.91 Å². The van der Waals surface area contributed by atoms with Crippen molar-refractivity contribution in [2.45, 2.75) is 25.2 Å². The van der Waals surface area contributed by atoms with Gasteiger partial charge < -0.3 is 5.32 Å². The number of ketones is 1. The quantitative estimate of drug-likeness (QED) is 0.638. The largest absolute Gasteiger partial charge is 0.355 e. The molecular weight excluding hydrogens is 253 g/mol. The Bertz CT molecular complexity index is 449. The van der Waals surface area contributed by atoms with E-state index in [1.54, 1.807) is 6.07 Å². The van der Waals surface area contributed by atoms with Crippen LogP contribution in [0.15, 0.2) is 23.1 Å². The van der Waals surface area contributed by atoms with E-state index in [0.717, 1.165) is 18.2 Å².